The molecule has 0 radical (unpaired) electrons. The molecule has 0 fully saturated rings. The summed E-state index contributed by atoms with van der Waals surface area (Å²) >= 11 is 0. The van der Waals surface area contributed by atoms with Gasteiger partial charge in [-0.2, -0.15) is 0 Å². The van der Waals surface area contributed by atoms with Gasteiger partial charge in [-0.25, -0.2) is 4.79 Å². The molecule has 0 aliphatic heterocycles. The number of anilines is 1. The van der Waals surface area contributed by atoms with Crippen LogP contribution in [0.2, 0.25) is 0 Å². The number of aryl methyl sites for hydroxylation is 3. The third-order valence-corrected chi connectivity index (χ3v) is 5.53. The van der Waals surface area contributed by atoms with Crippen molar-refractivity contribution < 1.29 is 23.9 Å². The highest BCUT2D eigenvalue weighted by molar-refractivity contribution is 6.00. The van der Waals surface area contributed by atoms with Crippen molar-refractivity contribution in [1.82, 2.24) is 10.2 Å². The maximum Gasteiger partial charge on any atom is 0.408 e. The first-order chi connectivity index (χ1) is 17.2. The summed E-state index contributed by atoms with van der Waals surface area (Å²) in [7, 11) is 0. The minimum Gasteiger partial charge on any atom is -0.444 e. The van der Waals surface area contributed by atoms with E-state index in [0.29, 0.717) is 11.3 Å². The van der Waals surface area contributed by atoms with Crippen molar-refractivity contribution >= 4 is 29.5 Å². The van der Waals surface area contributed by atoms with E-state index < -0.39 is 47.9 Å². The summed E-state index contributed by atoms with van der Waals surface area (Å²) < 4.78 is 5.22. The molecular weight excluding hydrogens is 472 g/mol. The number of rotatable bonds is 8. The first-order valence-electron chi connectivity index (χ1n) is 11.7. The Morgan fingerprint density at radius 3 is 2.22 bits per heavy atom. The monoisotopic (exact) mass is 506 g/mol. The maximum absolute atomic E-state index is 13.6. The Balaban J connectivity index is 2.52. The molecule has 2 aromatic carbocycles. The highest BCUT2D eigenvalue weighted by Gasteiger charge is 2.37. The van der Waals surface area contributed by atoms with Crippen LogP contribution in [0.15, 0.2) is 42.5 Å². The molecule has 4 N–H and O–H groups in total. The van der Waals surface area contributed by atoms with Crippen LogP contribution in [-0.2, 0) is 19.1 Å². The van der Waals surface area contributed by atoms with Gasteiger partial charge in [0, 0.05) is 11.7 Å². The molecule has 0 saturated carbocycles. The number of hydrogen-bond donors (Lipinski definition) is 3. The van der Waals surface area contributed by atoms with Gasteiger partial charge in [-0.15, -0.1) is 0 Å². The molecule has 0 aromatic heterocycles. The molecule has 2 aromatic rings. The first kappa shape index (κ1) is 28.9. The highest BCUT2D eigenvalue weighted by atomic mass is 16.6. The molecular formula is C28H34N4O5. The minimum absolute atomic E-state index is 0.454. The number of nitrogens with zero attached hydrogens (tertiary/aromatic N) is 1. The highest BCUT2D eigenvalue weighted by Crippen LogP contribution is 2.27. The number of nitrogens with two attached hydrogens (primary N) is 1. The SMILES string of the molecule is C#CN(C(=O)C(CC(N)=O)NC(=O)OC(C)(C)C)C(C(=O)Nc1ccccc1C)c1ccc(C)c(C)c1. The van der Waals surface area contributed by atoms with Crippen LogP contribution >= 0.6 is 0 Å². The van der Waals surface area contributed by atoms with E-state index in [0.717, 1.165) is 21.6 Å². The Bertz CT molecular complexity index is 1230. The average molecular weight is 507 g/mol. The third kappa shape index (κ3) is 8.10. The predicted molar refractivity (Wildman–Crippen MR) is 141 cm³/mol. The summed E-state index contributed by atoms with van der Waals surface area (Å²) in [6.07, 6.45) is 4.28. The van der Waals surface area contributed by atoms with E-state index in [4.69, 9.17) is 16.9 Å². The minimum atomic E-state index is -1.45. The second kappa shape index (κ2) is 12.1. The van der Waals surface area contributed by atoms with Gasteiger partial charge in [0.25, 0.3) is 11.8 Å². The lowest BCUT2D eigenvalue weighted by molar-refractivity contribution is -0.138. The van der Waals surface area contributed by atoms with E-state index in [1.165, 1.54) is 0 Å². The number of primary amides is 1. The number of terminal acetylenes is 1. The zero-order valence-corrected chi connectivity index (χ0v) is 22.0. The predicted octanol–water partition coefficient (Wildman–Crippen LogP) is 3.48. The van der Waals surface area contributed by atoms with Gasteiger partial charge in [0.15, 0.2) is 0 Å². The van der Waals surface area contributed by atoms with E-state index in [2.05, 4.69) is 16.7 Å². The van der Waals surface area contributed by atoms with E-state index in [1.54, 1.807) is 45.0 Å². The van der Waals surface area contributed by atoms with Gasteiger partial charge < -0.3 is 21.1 Å². The largest absolute Gasteiger partial charge is 0.444 e. The van der Waals surface area contributed by atoms with Crippen molar-refractivity contribution in [2.75, 3.05) is 5.32 Å². The van der Waals surface area contributed by atoms with Crippen LogP contribution in [0.4, 0.5) is 10.5 Å². The van der Waals surface area contributed by atoms with Gasteiger partial charge >= 0.3 is 6.09 Å². The first-order valence-corrected chi connectivity index (χ1v) is 11.7. The summed E-state index contributed by atoms with van der Waals surface area (Å²) in [6, 6.07) is 12.0. The maximum atomic E-state index is 13.6. The van der Waals surface area contributed by atoms with Gasteiger partial charge in [-0.1, -0.05) is 42.8 Å². The summed E-state index contributed by atoms with van der Waals surface area (Å²) in [5.41, 5.74) is 8.17. The van der Waals surface area contributed by atoms with Gasteiger partial charge in [-0.3, -0.25) is 19.3 Å². The fourth-order valence-corrected chi connectivity index (χ4v) is 3.55. The second-order valence-corrected chi connectivity index (χ2v) is 9.76. The van der Waals surface area contributed by atoms with E-state index in [1.807, 2.05) is 39.0 Å². The summed E-state index contributed by atoms with van der Waals surface area (Å²) in [5.74, 6) is -2.28. The number of benzene rings is 2. The summed E-state index contributed by atoms with van der Waals surface area (Å²) in [5, 5.41) is 5.20. The Labute approximate surface area is 217 Å². The number of ether oxygens (including phenoxy) is 1. The van der Waals surface area contributed by atoms with Gasteiger partial charge in [0.05, 0.1) is 6.42 Å². The zero-order chi connectivity index (χ0) is 27.9. The van der Waals surface area contributed by atoms with Crippen LogP contribution in [0, 0.1) is 33.2 Å². The molecule has 0 saturated heterocycles. The molecule has 0 bridgehead atoms. The van der Waals surface area contributed by atoms with E-state index in [9.17, 15) is 19.2 Å². The lowest BCUT2D eigenvalue weighted by Gasteiger charge is -2.30. The molecule has 196 valence electrons. The van der Waals surface area contributed by atoms with Crippen molar-refractivity contribution in [3.63, 3.8) is 0 Å². The van der Waals surface area contributed by atoms with Crippen LogP contribution in [0.25, 0.3) is 0 Å². The average Bonchev–Trinajstić information content (AvgIpc) is 2.78. The summed E-state index contributed by atoms with van der Waals surface area (Å²) in [6.45, 7) is 10.6. The number of amides is 4. The molecule has 0 spiro atoms. The number of hydrogen-bond acceptors (Lipinski definition) is 5. The summed E-state index contributed by atoms with van der Waals surface area (Å²) in [4.78, 5) is 52.3. The quantitative estimate of drug-likeness (QED) is 0.373. The van der Waals surface area contributed by atoms with Crippen LogP contribution in [0.5, 0.6) is 0 Å². The lowest BCUT2D eigenvalue weighted by atomic mass is 9.98. The molecule has 2 rings (SSSR count). The van der Waals surface area contributed by atoms with Crippen LogP contribution in [-0.4, -0.2) is 40.4 Å². The molecule has 9 nitrogen and oxygen atoms in total. The number of nitrogens with one attached hydrogen (secondary N) is 2. The molecule has 0 aliphatic rings. The van der Waals surface area contributed by atoms with Crippen molar-refractivity contribution in [2.24, 2.45) is 5.73 Å². The van der Waals surface area contributed by atoms with E-state index >= 15 is 0 Å². The number of carbonyl (C=O) groups excluding carboxylic acids is 4. The normalized spacial score (nSPS) is 12.5. The molecule has 4 amide bonds. The number of alkyl carbamates (subject to hydrolysis) is 1. The topological polar surface area (TPSA) is 131 Å². The van der Waals surface area contributed by atoms with Gasteiger partial charge in [0.2, 0.25) is 5.91 Å². The van der Waals surface area contributed by atoms with Gasteiger partial charge in [-0.05, 0) is 69.9 Å². The Hall–Kier alpha value is -4.32. The molecule has 0 aliphatic carbocycles. The zero-order valence-electron chi connectivity index (χ0n) is 22.0. The standard InChI is InChI=1S/C28H34N4O5/c1-8-32(26(35)22(16-23(29)33)31-27(36)37-28(5,6)7)24(20-14-13-17(2)19(4)15-20)25(34)30-21-12-10-9-11-18(21)3/h1,9-15,22,24H,16H2,2-7H3,(H2,29,33)(H,30,34)(H,31,36). The van der Waals surface area contributed by atoms with Crippen LogP contribution in [0.3, 0.4) is 0 Å². The number of para-hydroxylation sites is 1. The smallest absolute Gasteiger partial charge is 0.408 e. The third-order valence-electron chi connectivity index (χ3n) is 5.53. The van der Waals surface area contributed by atoms with Crippen molar-refractivity contribution in [3.05, 3.63) is 64.7 Å². The van der Waals surface area contributed by atoms with Crippen molar-refractivity contribution in [2.45, 2.75) is 65.6 Å². The molecule has 2 atom stereocenters. The molecule has 2 unspecified atom stereocenters. The lowest BCUT2D eigenvalue weighted by Crippen LogP contribution is -2.52. The fourth-order valence-electron chi connectivity index (χ4n) is 3.55. The van der Waals surface area contributed by atoms with Crippen molar-refractivity contribution in [1.29, 1.82) is 0 Å². The Morgan fingerprint density at radius 2 is 1.68 bits per heavy atom. The van der Waals surface area contributed by atoms with E-state index in [-0.39, 0.29) is 0 Å². The Kier molecular flexibility index (Phi) is 9.44. The van der Waals surface area contributed by atoms with Crippen LogP contribution < -0.4 is 16.4 Å². The fraction of sp³-hybridized carbons (Fsp3) is 0.357. The second-order valence-electron chi connectivity index (χ2n) is 9.76. The molecule has 9 heteroatoms. The Morgan fingerprint density at radius 1 is 1.03 bits per heavy atom. The molecule has 0 heterocycles. The number of carbonyl (C=O) groups is 4. The van der Waals surface area contributed by atoms with Gasteiger partial charge in [0.1, 0.15) is 17.7 Å². The van der Waals surface area contributed by atoms with Crippen LogP contribution in [0.1, 0.15) is 55.5 Å². The van der Waals surface area contributed by atoms with Crippen molar-refractivity contribution in [3.8, 4) is 12.5 Å². The molecule has 37 heavy (non-hydrogen) atoms.